The molecule has 2 aromatic rings. The Morgan fingerprint density at radius 1 is 1.17 bits per heavy atom. The minimum absolute atomic E-state index is 0.388. The number of anilines is 1. The van der Waals surface area contributed by atoms with Gasteiger partial charge >= 0.3 is 11.4 Å². The average Bonchev–Trinajstić information content (AvgIpc) is 2.39. The first-order chi connectivity index (χ1) is 8.74. The van der Waals surface area contributed by atoms with Crippen LogP contribution in [0.15, 0.2) is 32.2 Å². The molecule has 2 heterocycles. The first-order valence-corrected chi connectivity index (χ1v) is 5.74. The van der Waals surface area contributed by atoms with Gasteiger partial charge in [0.2, 0.25) is 0 Å². The van der Waals surface area contributed by atoms with E-state index in [9.17, 15) is 9.59 Å². The van der Waals surface area contributed by atoms with Gasteiger partial charge in [-0.05, 0) is 18.2 Å². The maximum atomic E-state index is 11.6. The summed E-state index contributed by atoms with van der Waals surface area (Å²) >= 11 is 0. The lowest BCUT2D eigenvalue weighted by atomic mass is 10.2. The molecule has 1 aliphatic heterocycles. The van der Waals surface area contributed by atoms with Crippen LogP contribution in [0.4, 0.5) is 5.69 Å². The summed E-state index contributed by atoms with van der Waals surface area (Å²) in [5, 5.41) is 0.388. The highest BCUT2D eigenvalue weighted by atomic mass is 16.5. The number of morpholine rings is 1. The van der Waals surface area contributed by atoms with E-state index in [1.165, 1.54) is 0 Å². The second-order valence-corrected chi connectivity index (χ2v) is 4.13. The molecule has 0 saturated carbocycles. The van der Waals surface area contributed by atoms with Gasteiger partial charge in [0, 0.05) is 18.8 Å². The number of fused-ring (bicyclic) bond motifs is 1. The van der Waals surface area contributed by atoms with E-state index in [4.69, 9.17) is 4.74 Å². The van der Waals surface area contributed by atoms with Gasteiger partial charge in [0.1, 0.15) is 0 Å². The van der Waals surface area contributed by atoms with Crippen LogP contribution in [0, 0.1) is 0 Å². The molecule has 0 atom stereocenters. The fourth-order valence-electron chi connectivity index (χ4n) is 2.10. The minimum Gasteiger partial charge on any atom is -0.378 e. The van der Waals surface area contributed by atoms with Crippen molar-refractivity contribution in [2.24, 2.45) is 0 Å². The van der Waals surface area contributed by atoms with Crippen molar-refractivity contribution < 1.29 is 9.15 Å². The standard InChI is InChI=1S/C12H12N2O4/c15-11-9-7-8(14-3-5-17-6-4-14)1-2-10(9)13-12(16)18-11/h1-2,7H,3-6H2,(H,13,16). The second-order valence-electron chi connectivity index (χ2n) is 4.13. The van der Waals surface area contributed by atoms with E-state index in [2.05, 4.69) is 14.3 Å². The molecule has 0 unspecified atom stereocenters. The number of hydrogen-bond donors (Lipinski definition) is 1. The molecule has 0 bridgehead atoms. The van der Waals surface area contributed by atoms with Crippen molar-refractivity contribution in [2.75, 3.05) is 31.2 Å². The molecule has 1 saturated heterocycles. The Morgan fingerprint density at radius 2 is 1.94 bits per heavy atom. The van der Waals surface area contributed by atoms with E-state index in [0.29, 0.717) is 24.1 Å². The molecular weight excluding hydrogens is 236 g/mol. The summed E-state index contributed by atoms with van der Waals surface area (Å²) in [5.41, 5.74) is 0.822. The van der Waals surface area contributed by atoms with E-state index < -0.39 is 11.4 Å². The summed E-state index contributed by atoms with van der Waals surface area (Å²) in [5.74, 6) is -0.730. The van der Waals surface area contributed by atoms with Crippen molar-refractivity contribution in [3.8, 4) is 0 Å². The zero-order valence-corrected chi connectivity index (χ0v) is 9.64. The van der Waals surface area contributed by atoms with E-state index in [-0.39, 0.29) is 0 Å². The molecule has 0 aliphatic carbocycles. The van der Waals surface area contributed by atoms with Gasteiger partial charge in [0.25, 0.3) is 0 Å². The topological polar surface area (TPSA) is 75.5 Å². The van der Waals surface area contributed by atoms with E-state index in [1.54, 1.807) is 12.1 Å². The highest BCUT2D eigenvalue weighted by Gasteiger charge is 2.12. The number of hydrogen-bond acceptors (Lipinski definition) is 5. The van der Waals surface area contributed by atoms with Gasteiger partial charge in [0.15, 0.2) is 0 Å². The van der Waals surface area contributed by atoms with Crippen LogP contribution >= 0.6 is 0 Å². The highest BCUT2D eigenvalue weighted by molar-refractivity contribution is 5.81. The molecule has 0 radical (unpaired) electrons. The molecule has 0 spiro atoms. The van der Waals surface area contributed by atoms with Crippen molar-refractivity contribution in [2.45, 2.75) is 0 Å². The van der Waals surface area contributed by atoms with Crippen LogP contribution in [-0.4, -0.2) is 31.3 Å². The summed E-state index contributed by atoms with van der Waals surface area (Å²) in [6.45, 7) is 2.94. The summed E-state index contributed by atoms with van der Waals surface area (Å²) in [4.78, 5) is 27.3. The Hall–Kier alpha value is -2.08. The van der Waals surface area contributed by atoms with Gasteiger partial charge in [-0.25, -0.2) is 9.59 Å². The van der Waals surface area contributed by atoms with Gasteiger partial charge in [-0.2, -0.15) is 0 Å². The summed E-state index contributed by atoms with van der Waals surface area (Å²) in [6.07, 6.45) is 0. The second kappa shape index (κ2) is 4.30. The van der Waals surface area contributed by atoms with E-state index in [1.807, 2.05) is 6.07 Å². The van der Waals surface area contributed by atoms with Gasteiger partial charge in [-0.15, -0.1) is 0 Å². The molecule has 1 aliphatic rings. The minimum atomic E-state index is -0.730. The Balaban J connectivity index is 2.10. The average molecular weight is 248 g/mol. The fraction of sp³-hybridized carbons (Fsp3) is 0.333. The number of rotatable bonds is 1. The van der Waals surface area contributed by atoms with Crippen molar-refractivity contribution in [1.29, 1.82) is 0 Å². The Morgan fingerprint density at radius 3 is 2.72 bits per heavy atom. The SMILES string of the molecule is O=c1[nH]c2ccc(N3CCOCC3)cc2c(=O)o1. The van der Waals surface area contributed by atoms with Gasteiger partial charge in [0.05, 0.1) is 24.1 Å². The Kier molecular flexibility index (Phi) is 2.64. The van der Waals surface area contributed by atoms with Crippen LogP contribution in [-0.2, 0) is 4.74 Å². The molecule has 0 amide bonds. The maximum absolute atomic E-state index is 11.6. The fourth-order valence-corrected chi connectivity index (χ4v) is 2.10. The van der Waals surface area contributed by atoms with Crippen molar-refractivity contribution in [3.63, 3.8) is 0 Å². The predicted octanol–water partition coefficient (Wildman–Crippen LogP) is 0.318. The van der Waals surface area contributed by atoms with Crippen molar-refractivity contribution in [3.05, 3.63) is 39.2 Å². The zero-order valence-electron chi connectivity index (χ0n) is 9.64. The lowest BCUT2D eigenvalue weighted by molar-refractivity contribution is 0.122. The number of ether oxygens (including phenoxy) is 1. The van der Waals surface area contributed by atoms with Crippen LogP contribution in [0.2, 0.25) is 0 Å². The molecule has 18 heavy (non-hydrogen) atoms. The quantitative estimate of drug-likeness (QED) is 0.786. The molecular formula is C12H12N2O4. The third kappa shape index (κ3) is 1.91. The van der Waals surface area contributed by atoms with Crippen LogP contribution in [0.5, 0.6) is 0 Å². The number of aromatic amines is 1. The van der Waals surface area contributed by atoms with E-state index >= 15 is 0 Å². The highest BCUT2D eigenvalue weighted by Crippen LogP contribution is 2.19. The largest absolute Gasteiger partial charge is 0.419 e. The maximum Gasteiger partial charge on any atom is 0.419 e. The predicted molar refractivity (Wildman–Crippen MR) is 66.1 cm³/mol. The Labute approximate surface area is 102 Å². The molecule has 1 aromatic carbocycles. The molecule has 6 heteroatoms. The smallest absolute Gasteiger partial charge is 0.378 e. The lowest BCUT2D eigenvalue weighted by Crippen LogP contribution is -2.36. The van der Waals surface area contributed by atoms with Gasteiger partial charge < -0.3 is 14.1 Å². The van der Waals surface area contributed by atoms with Crippen LogP contribution in [0.1, 0.15) is 0 Å². The number of H-pyrrole nitrogens is 1. The first-order valence-electron chi connectivity index (χ1n) is 5.74. The molecule has 3 rings (SSSR count). The number of benzene rings is 1. The van der Waals surface area contributed by atoms with Crippen molar-refractivity contribution >= 4 is 16.6 Å². The monoisotopic (exact) mass is 248 g/mol. The summed E-state index contributed by atoms with van der Waals surface area (Å²) in [6, 6.07) is 5.34. The zero-order chi connectivity index (χ0) is 12.5. The molecule has 94 valence electrons. The number of nitrogens with one attached hydrogen (secondary N) is 1. The van der Waals surface area contributed by atoms with Crippen LogP contribution < -0.4 is 16.3 Å². The molecule has 1 N–H and O–H groups in total. The number of aromatic nitrogens is 1. The third-order valence-electron chi connectivity index (χ3n) is 3.02. The lowest BCUT2D eigenvalue weighted by Gasteiger charge is -2.28. The molecule has 6 nitrogen and oxygen atoms in total. The number of nitrogens with zero attached hydrogens (tertiary/aromatic N) is 1. The van der Waals surface area contributed by atoms with Crippen LogP contribution in [0.3, 0.4) is 0 Å². The Bertz CT molecular complexity index is 682. The van der Waals surface area contributed by atoms with Crippen molar-refractivity contribution in [1.82, 2.24) is 4.98 Å². The summed E-state index contributed by atoms with van der Waals surface area (Å²) < 4.78 is 9.80. The first kappa shape index (κ1) is 11.0. The van der Waals surface area contributed by atoms with Gasteiger partial charge in [-0.3, -0.25) is 4.98 Å². The van der Waals surface area contributed by atoms with E-state index in [0.717, 1.165) is 18.8 Å². The third-order valence-corrected chi connectivity index (χ3v) is 3.02. The van der Waals surface area contributed by atoms with Gasteiger partial charge in [-0.1, -0.05) is 0 Å². The normalized spacial score (nSPS) is 16.1. The van der Waals surface area contributed by atoms with Crippen LogP contribution in [0.25, 0.3) is 10.9 Å². The summed E-state index contributed by atoms with van der Waals surface area (Å²) in [7, 11) is 0. The molecule has 1 fully saturated rings. The molecule has 1 aromatic heterocycles.